The second-order valence-electron chi connectivity index (χ2n) is 9.31. The van der Waals surface area contributed by atoms with Crippen LogP contribution in [0.3, 0.4) is 0 Å². The van der Waals surface area contributed by atoms with Crippen LogP contribution in [0.2, 0.25) is 0 Å². The van der Waals surface area contributed by atoms with Crippen molar-refractivity contribution in [1.29, 1.82) is 0 Å². The fourth-order valence-corrected chi connectivity index (χ4v) is 6.42. The molecule has 0 bridgehead atoms. The highest BCUT2D eigenvalue weighted by Gasteiger charge is 2.33. The number of allylic oxidation sites excluding steroid dienone is 2. The van der Waals surface area contributed by atoms with E-state index in [4.69, 9.17) is 0 Å². The van der Waals surface area contributed by atoms with Crippen molar-refractivity contribution in [2.24, 2.45) is 0 Å². The fraction of sp³-hybridized carbons (Fsp3) is 0.133. The van der Waals surface area contributed by atoms with Gasteiger partial charge in [-0.1, -0.05) is 60.7 Å². The Hall–Kier alpha value is -3.38. The Morgan fingerprint density at radius 1 is 0.333 bits per heavy atom. The van der Waals surface area contributed by atoms with E-state index in [1.807, 2.05) is 0 Å². The molecule has 0 unspecified atom stereocenters. The highest BCUT2D eigenvalue weighted by atomic mass is 14.4. The molecule has 30 heavy (non-hydrogen) atoms. The molecule has 0 N–H and O–H groups in total. The van der Waals surface area contributed by atoms with Crippen LogP contribution in [0.4, 0.5) is 0 Å². The van der Waals surface area contributed by atoms with Gasteiger partial charge in [-0.25, -0.2) is 0 Å². The molecule has 4 aromatic carbocycles. The summed E-state index contributed by atoms with van der Waals surface area (Å²) in [5, 5.41) is 0. The minimum Gasteiger partial charge on any atom is -0.0619 e. The van der Waals surface area contributed by atoms with Gasteiger partial charge in [0.25, 0.3) is 0 Å². The van der Waals surface area contributed by atoms with Crippen molar-refractivity contribution in [3.8, 4) is 22.3 Å². The van der Waals surface area contributed by atoms with Crippen LogP contribution in [0.5, 0.6) is 0 Å². The Balaban J connectivity index is 1.24. The molecule has 0 saturated heterocycles. The zero-order valence-corrected chi connectivity index (χ0v) is 16.8. The predicted molar refractivity (Wildman–Crippen MR) is 124 cm³/mol. The lowest BCUT2D eigenvalue weighted by Crippen LogP contribution is -1.95. The first-order valence-electron chi connectivity index (χ1n) is 11.0. The Kier molecular flexibility index (Phi) is 2.68. The zero-order chi connectivity index (χ0) is 19.4. The predicted octanol–water partition coefficient (Wildman–Crippen LogP) is 6.85. The first-order valence-corrected chi connectivity index (χ1v) is 11.0. The molecule has 0 heterocycles. The molecule has 0 atom stereocenters. The van der Waals surface area contributed by atoms with Crippen LogP contribution < -0.4 is 0 Å². The average Bonchev–Trinajstić information content (AvgIpc) is 3.49. The normalized spacial score (nSPS) is 16.0. The Labute approximate surface area is 176 Å². The van der Waals surface area contributed by atoms with Crippen molar-refractivity contribution in [2.75, 3.05) is 0 Å². The van der Waals surface area contributed by atoms with Crippen LogP contribution in [0.1, 0.15) is 44.5 Å². The lowest BCUT2D eigenvalue weighted by molar-refractivity contribution is 1.21. The van der Waals surface area contributed by atoms with Gasteiger partial charge in [0.05, 0.1) is 0 Å². The van der Waals surface area contributed by atoms with Gasteiger partial charge in [-0.2, -0.15) is 0 Å². The Morgan fingerprint density at radius 2 is 0.733 bits per heavy atom. The topological polar surface area (TPSA) is 0 Å². The van der Waals surface area contributed by atoms with E-state index in [9.17, 15) is 0 Å². The number of rotatable bonds is 0. The largest absolute Gasteiger partial charge is 0.0619 e. The van der Waals surface area contributed by atoms with Gasteiger partial charge in [0.15, 0.2) is 0 Å². The summed E-state index contributed by atoms with van der Waals surface area (Å²) in [6.45, 7) is 0. The smallest absolute Gasteiger partial charge is 0.00104 e. The van der Waals surface area contributed by atoms with Gasteiger partial charge in [-0.05, 0) is 116 Å². The third kappa shape index (κ3) is 1.83. The quantitative estimate of drug-likeness (QED) is 0.270. The number of hydrogen-bond acceptors (Lipinski definition) is 0. The minimum absolute atomic E-state index is 1.08. The van der Waals surface area contributed by atoms with E-state index in [-0.39, 0.29) is 0 Å². The molecule has 0 spiro atoms. The van der Waals surface area contributed by atoms with Gasteiger partial charge < -0.3 is 0 Å². The number of fused-ring (bicyclic) bond motifs is 10. The molecule has 0 radical (unpaired) electrons. The average molecular weight is 380 g/mol. The molecule has 0 heteroatoms. The van der Waals surface area contributed by atoms with Crippen LogP contribution >= 0.6 is 0 Å². The van der Waals surface area contributed by atoms with Gasteiger partial charge in [-0.15, -0.1) is 0 Å². The van der Waals surface area contributed by atoms with E-state index in [0.717, 1.165) is 25.7 Å². The fourth-order valence-electron chi connectivity index (χ4n) is 6.42. The van der Waals surface area contributed by atoms with Gasteiger partial charge in [0, 0.05) is 0 Å². The van der Waals surface area contributed by atoms with Crippen molar-refractivity contribution in [3.05, 3.63) is 117 Å². The van der Waals surface area contributed by atoms with Crippen molar-refractivity contribution < 1.29 is 0 Å². The summed E-state index contributed by atoms with van der Waals surface area (Å²) < 4.78 is 0. The molecule has 0 aromatic heterocycles. The van der Waals surface area contributed by atoms with Gasteiger partial charge >= 0.3 is 0 Å². The maximum absolute atomic E-state index is 2.52. The lowest BCUT2D eigenvalue weighted by Gasteiger charge is -2.12. The molecule has 0 fully saturated rings. The van der Waals surface area contributed by atoms with Crippen LogP contribution in [0.25, 0.3) is 33.4 Å². The van der Waals surface area contributed by atoms with E-state index >= 15 is 0 Å². The van der Waals surface area contributed by atoms with E-state index < -0.39 is 0 Å². The maximum Gasteiger partial charge on any atom is -0.00104 e. The van der Waals surface area contributed by atoms with Crippen molar-refractivity contribution in [2.45, 2.75) is 25.7 Å². The first-order chi connectivity index (χ1) is 14.8. The Bertz CT molecular complexity index is 1370. The Morgan fingerprint density at radius 3 is 1.23 bits per heavy atom. The van der Waals surface area contributed by atoms with E-state index in [1.54, 1.807) is 11.1 Å². The number of benzene rings is 4. The molecule has 4 aliphatic carbocycles. The molecule has 0 nitrogen and oxygen atoms in total. The van der Waals surface area contributed by atoms with Crippen LogP contribution in [0, 0.1) is 0 Å². The lowest BCUT2D eigenvalue weighted by atomic mass is 9.92. The van der Waals surface area contributed by atoms with Crippen molar-refractivity contribution in [1.82, 2.24) is 0 Å². The maximum atomic E-state index is 2.52. The second-order valence-corrected chi connectivity index (χ2v) is 9.31. The van der Waals surface area contributed by atoms with E-state index in [1.165, 1.54) is 66.8 Å². The zero-order valence-electron chi connectivity index (χ0n) is 16.8. The summed E-state index contributed by atoms with van der Waals surface area (Å²) in [5.74, 6) is 0. The van der Waals surface area contributed by atoms with Crippen LogP contribution in [0.15, 0.2) is 72.8 Å². The van der Waals surface area contributed by atoms with Crippen LogP contribution in [-0.2, 0) is 25.7 Å². The summed E-state index contributed by atoms with van der Waals surface area (Å²) in [5.41, 5.74) is 21.1. The summed E-state index contributed by atoms with van der Waals surface area (Å²) in [4.78, 5) is 0. The molecule has 4 aliphatic rings. The molecular weight excluding hydrogens is 360 g/mol. The standard InChI is InChI=1S/C30H20/c1-3-7-23-17(5-1)9-19-11-27-21(13-25(19)23)15-30-28-12-20-10-18-6-2-4-8-24(18)26(20)14-22(28)16-29(27)30/h1-8,11-14H,9-10,15-16H2. The van der Waals surface area contributed by atoms with E-state index in [2.05, 4.69) is 72.8 Å². The SMILES string of the molecule is c1ccc2c(c1)Cc1cc3c(cc1-2)CC1=C3Cc2cc3c(cc21)Cc1ccccc1-3. The van der Waals surface area contributed by atoms with Gasteiger partial charge in [0.1, 0.15) is 0 Å². The van der Waals surface area contributed by atoms with E-state index in [0.29, 0.717) is 0 Å². The molecule has 4 aromatic rings. The van der Waals surface area contributed by atoms with Crippen molar-refractivity contribution >= 4 is 11.1 Å². The number of hydrogen-bond donors (Lipinski definition) is 0. The van der Waals surface area contributed by atoms with Crippen molar-refractivity contribution in [3.63, 3.8) is 0 Å². The summed E-state index contributed by atoms with van der Waals surface area (Å²) >= 11 is 0. The molecule has 0 aliphatic heterocycles. The monoisotopic (exact) mass is 380 g/mol. The third-order valence-corrected chi connectivity index (χ3v) is 7.78. The molecule has 140 valence electrons. The minimum atomic E-state index is 1.08. The van der Waals surface area contributed by atoms with Gasteiger partial charge in [-0.3, -0.25) is 0 Å². The summed E-state index contributed by atoms with van der Waals surface area (Å²) in [6, 6.07) is 27.9. The van der Waals surface area contributed by atoms with Gasteiger partial charge in [0.2, 0.25) is 0 Å². The molecule has 0 amide bonds. The third-order valence-electron chi connectivity index (χ3n) is 7.78. The summed E-state index contributed by atoms with van der Waals surface area (Å²) in [6.07, 6.45) is 4.36. The second kappa shape index (κ2) is 5.21. The molecule has 0 saturated carbocycles. The molecule has 8 rings (SSSR count). The van der Waals surface area contributed by atoms with Crippen LogP contribution in [-0.4, -0.2) is 0 Å². The first kappa shape index (κ1) is 15.5. The highest BCUT2D eigenvalue weighted by Crippen LogP contribution is 2.51. The summed E-state index contributed by atoms with van der Waals surface area (Å²) in [7, 11) is 0. The molecular formula is C30H20. The highest BCUT2D eigenvalue weighted by molar-refractivity contribution is 6.04.